The summed E-state index contributed by atoms with van der Waals surface area (Å²) in [7, 11) is 1.51. The van der Waals surface area contributed by atoms with E-state index in [1.54, 1.807) is 24.3 Å². The second-order valence-electron chi connectivity index (χ2n) is 5.87. The summed E-state index contributed by atoms with van der Waals surface area (Å²) < 4.78 is 5.03. The van der Waals surface area contributed by atoms with Gasteiger partial charge in [-0.05, 0) is 23.3 Å². The third-order valence-electron chi connectivity index (χ3n) is 3.88. The Labute approximate surface area is 157 Å². The van der Waals surface area contributed by atoms with Crippen molar-refractivity contribution in [3.63, 3.8) is 0 Å². The Morgan fingerprint density at radius 2 is 1.67 bits per heavy atom. The monoisotopic (exact) mass is 370 g/mol. The molecule has 0 aliphatic rings. The molecule has 0 aliphatic heterocycles. The highest BCUT2D eigenvalue weighted by Crippen LogP contribution is 2.18. The zero-order valence-electron chi connectivity index (χ0n) is 15.0. The number of ether oxygens (including phenoxy) is 1. The van der Waals surface area contributed by atoms with Crippen LogP contribution in [0.5, 0.6) is 5.75 Å². The molecule has 0 aliphatic carbocycles. The van der Waals surface area contributed by atoms with Gasteiger partial charge in [0.25, 0.3) is 0 Å². The highest BCUT2D eigenvalue weighted by Gasteiger charge is 2.22. The molecule has 0 aromatic heterocycles. The summed E-state index contributed by atoms with van der Waals surface area (Å²) in [5.41, 5.74) is 1.31. The van der Waals surface area contributed by atoms with E-state index >= 15 is 0 Å². The van der Waals surface area contributed by atoms with Crippen molar-refractivity contribution in [3.05, 3.63) is 65.7 Å². The summed E-state index contributed by atoms with van der Waals surface area (Å²) in [6, 6.07) is 14.5. The molecule has 0 heterocycles. The fourth-order valence-electron chi connectivity index (χ4n) is 2.48. The van der Waals surface area contributed by atoms with Gasteiger partial charge in [-0.25, -0.2) is 4.79 Å². The van der Waals surface area contributed by atoms with E-state index in [1.165, 1.54) is 7.11 Å². The molecule has 0 saturated heterocycles. The third kappa shape index (κ3) is 6.47. The third-order valence-corrected chi connectivity index (χ3v) is 3.88. The number of carbonyl (C=O) groups excluding carboxylic acids is 2. The first-order chi connectivity index (χ1) is 13.0. The lowest BCUT2D eigenvalue weighted by molar-refractivity contribution is -0.142. The van der Waals surface area contributed by atoms with Crippen LogP contribution in [0.1, 0.15) is 23.6 Å². The molecule has 7 heteroatoms. The van der Waals surface area contributed by atoms with Crippen LogP contribution in [0.3, 0.4) is 0 Å². The molecule has 27 heavy (non-hydrogen) atoms. The molecule has 1 atom stereocenters. The molecule has 0 radical (unpaired) electrons. The smallest absolute Gasteiger partial charge is 0.330 e. The largest absolute Gasteiger partial charge is 0.497 e. The number of rotatable bonds is 9. The number of nitrogens with one attached hydrogen (secondary N) is 2. The molecule has 2 amide bonds. The number of carbonyl (C=O) groups is 3. The lowest BCUT2D eigenvalue weighted by atomic mass is 10.1. The molecular weight excluding hydrogens is 348 g/mol. The van der Waals surface area contributed by atoms with Gasteiger partial charge in [-0.1, -0.05) is 42.5 Å². The first-order valence-electron chi connectivity index (χ1n) is 8.46. The van der Waals surface area contributed by atoms with Crippen LogP contribution in [0.4, 0.5) is 0 Å². The van der Waals surface area contributed by atoms with E-state index in [0.717, 1.165) is 5.56 Å². The summed E-state index contributed by atoms with van der Waals surface area (Å²) in [5, 5.41) is 14.5. The first-order valence-corrected chi connectivity index (χ1v) is 8.46. The van der Waals surface area contributed by atoms with E-state index in [2.05, 4.69) is 10.6 Å². The molecule has 2 rings (SSSR count). The maximum absolute atomic E-state index is 12.0. The van der Waals surface area contributed by atoms with Crippen molar-refractivity contribution in [2.75, 3.05) is 13.7 Å². The summed E-state index contributed by atoms with van der Waals surface area (Å²) in [4.78, 5) is 35.4. The summed E-state index contributed by atoms with van der Waals surface area (Å²) in [6.07, 6.45) is 0.215. The SMILES string of the molecule is COc1ccc(C(NC(=O)CCNC(=O)Cc2ccccc2)C(=O)O)cc1. The zero-order chi connectivity index (χ0) is 19.6. The summed E-state index contributed by atoms with van der Waals surface area (Å²) in [6.45, 7) is 0.131. The molecule has 0 saturated carbocycles. The molecule has 7 nitrogen and oxygen atoms in total. The van der Waals surface area contributed by atoms with Gasteiger partial charge in [0.05, 0.1) is 13.5 Å². The number of hydrogen-bond donors (Lipinski definition) is 3. The van der Waals surface area contributed by atoms with Gasteiger partial charge in [0, 0.05) is 13.0 Å². The predicted molar refractivity (Wildman–Crippen MR) is 99.3 cm³/mol. The maximum Gasteiger partial charge on any atom is 0.330 e. The van der Waals surface area contributed by atoms with Crippen LogP contribution in [0, 0.1) is 0 Å². The lowest BCUT2D eigenvalue weighted by Crippen LogP contribution is -2.36. The van der Waals surface area contributed by atoms with Crippen LogP contribution in [-0.4, -0.2) is 36.5 Å². The normalized spacial score (nSPS) is 11.3. The molecule has 0 bridgehead atoms. The van der Waals surface area contributed by atoms with Gasteiger partial charge in [-0.15, -0.1) is 0 Å². The van der Waals surface area contributed by atoms with Gasteiger partial charge in [0.1, 0.15) is 5.75 Å². The van der Waals surface area contributed by atoms with Crippen molar-refractivity contribution >= 4 is 17.8 Å². The van der Waals surface area contributed by atoms with Crippen molar-refractivity contribution in [2.45, 2.75) is 18.9 Å². The number of hydrogen-bond acceptors (Lipinski definition) is 4. The van der Waals surface area contributed by atoms with Crippen LogP contribution in [0.25, 0.3) is 0 Å². The minimum atomic E-state index is -1.17. The molecule has 2 aromatic rings. The van der Waals surface area contributed by atoms with Crippen molar-refractivity contribution in [1.82, 2.24) is 10.6 Å². The van der Waals surface area contributed by atoms with Crippen LogP contribution in [-0.2, 0) is 20.8 Å². The van der Waals surface area contributed by atoms with Crippen LogP contribution in [0.2, 0.25) is 0 Å². The topological polar surface area (TPSA) is 105 Å². The van der Waals surface area contributed by atoms with Gasteiger partial charge in [-0.3, -0.25) is 9.59 Å². The second kappa shape index (κ2) is 9.96. The van der Waals surface area contributed by atoms with Crippen molar-refractivity contribution in [3.8, 4) is 5.75 Å². The molecule has 142 valence electrons. The Hall–Kier alpha value is -3.35. The van der Waals surface area contributed by atoms with Crippen LogP contribution in [0.15, 0.2) is 54.6 Å². The summed E-state index contributed by atoms with van der Waals surface area (Å²) in [5.74, 6) is -1.23. The van der Waals surface area contributed by atoms with E-state index in [0.29, 0.717) is 11.3 Å². The zero-order valence-corrected chi connectivity index (χ0v) is 15.0. The maximum atomic E-state index is 12.0. The average Bonchev–Trinajstić information content (AvgIpc) is 2.67. The first kappa shape index (κ1) is 20.0. The van der Waals surface area contributed by atoms with Gasteiger partial charge >= 0.3 is 5.97 Å². The Morgan fingerprint density at radius 1 is 1.00 bits per heavy atom. The number of methoxy groups -OCH3 is 1. The molecule has 0 spiro atoms. The van der Waals surface area contributed by atoms with Crippen LogP contribution >= 0.6 is 0 Å². The van der Waals surface area contributed by atoms with E-state index < -0.39 is 17.9 Å². The van der Waals surface area contributed by atoms with Gasteiger partial charge < -0.3 is 20.5 Å². The number of amides is 2. The van der Waals surface area contributed by atoms with E-state index in [4.69, 9.17) is 4.74 Å². The van der Waals surface area contributed by atoms with Gasteiger partial charge in [-0.2, -0.15) is 0 Å². The van der Waals surface area contributed by atoms with E-state index in [9.17, 15) is 19.5 Å². The fourth-order valence-corrected chi connectivity index (χ4v) is 2.48. The lowest BCUT2D eigenvalue weighted by Gasteiger charge is -2.15. The minimum absolute atomic E-state index is 0.0134. The van der Waals surface area contributed by atoms with Crippen molar-refractivity contribution in [1.29, 1.82) is 0 Å². The highest BCUT2D eigenvalue weighted by atomic mass is 16.5. The second-order valence-corrected chi connectivity index (χ2v) is 5.87. The molecular formula is C20H22N2O5. The van der Waals surface area contributed by atoms with Crippen molar-refractivity contribution < 1.29 is 24.2 Å². The Morgan fingerprint density at radius 3 is 2.26 bits per heavy atom. The quantitative estimate of drug-likeness (QED) is 0.623. The molecule has 3 N–H and O–H groups in total. The minimum Gasteiger partial charge on any atom is -0.497 e. The number of carboxylic acid groups (broad SMARTS) is 1. The number of benzene rings is 2. The van der Waals surface area contributed by atoms with Crippen molar-refractivity contribution in [2.24, 2.45) is 0 Å². The highest BCUT2D eigenvalue weighted by molar-refractivity contribution is 5.85. The molecule has 2 aromatic carbocycles. The predicted octanol–water partition coefficient (Wildman–Crippen LogP) is 1.69. The number of aliphatic carboxylic acids is 1. The average molecular weight is 370 g/mol. The fraction of sp³-hybridized carbons (Fsp3) is 0.250. The van der Waals surface area contributed by atoms with E-state index in [1.807, 2.05) is 30.3 Å². The Balaban J connectivity index is 1.81. The molecule has 0 fully saturated rings. The Bertz CT molecular complexity index is 775. The van der Waals surface area contributed by atoms with E-state index in [-0.39, 0.29) is 25.3 Å². The van der Waals surface area contributed by atoms with Gasteiger partial charge in [0.15, 0.2) is 6.04 Å². The number of carboxylic acids is 1. The molecule has 1 unspecified atom stereocenters. The van der Waals surface area contributed by atoms with Gasteiger partial charge in [0.2, 0.25) is 11.8 Å². The Kier molecular flexibility index (Phi) is 7.37. The summed E-state index contributed by atoms with van der Waals surface area (Å²) >= 11 is 0. The van der Waals surface area contributed by atoms with Crippen LogP contribution < -0.4 is 15.4 Å². The standard InChI is InChI=1S/C20H22N2O5/c1-27-16-9-7-15(8-10-16)19(20(25)26)22-17(23)11-12-21-18(24)13-14-5-3-2-4-6-14/h2-10,19H,11-13H2,1H3,(H,21,24)(H,22,23)(H,25,26).